The molecule has 0 spiro atoms. The van der Waals surface area contributed by atoms with Gasteiger partial charge < -0.3 is 4.74 Å². The number of hydrazine groups is 1. The largest absolute Gasteiger partial charge is 0.483 e. The first-order valence-electron chi connectivity index (χ1n) is 9.28. The summed E-state index contributed by atoms with van der Waals surface area (Å²) in [4.78, 5) is 34.4. The Balaban J connectivity index is 1.85. The Labute approximate surface area is 189 Å². The predicted molar refractivity (Wildman–Crippen MR) is 120 cm³/mol. The van der Waals surface area contributed by atoms with Crippen molar-refractivity contribution < 1.29 is 19.2 Å². The number of thiocarbonyl (C=S) groups is 1. The fraction of sp³-hybridized carbons (Fsp3) is 0.250. The second-order valence-electron chi connectivity index (χ2n) is 6.52. The van der Waals surface area contributed by atoms with Crippen LogP contribution in [0.2, 0.25) is 5.02 Å². The molecule has 11 heteroatoms. The molecule has 9 nitrogen and oxygen atoms in total. The monoisotopic (exact) mass is 464 g/mol. The molecule has 0 saturated carbocycles. The first kappa shape index (κ1) is 24.0. The van der Waals surface area contributed by atoms with Crippen molar-refractivity contribution in [3.8, 4) is 5.75 Å². The van der Waals surface area contributed by atoms with Crippen molar-refractivity contribution in [2.24, 2.45) is 0 Å². The lowest BCUT2D eigenvalue weighted by atomic mass is 9.98. The second kappa shape index (κ2) is 11.2. The number of nitro groups is 1. The lowest BCUT2D eigenvalue weighted by Gasteiger charge is -2.16. The standard InChI is InChI=1S/C20H21ClN4O5S/c1-3-12(2)14-6-4-5-7-17(14)30-11-18(26)23-24-20(31)22-19(27)13-8-9-15(21)16(10-13)25(28)29/h4-10,12H,3,11H2,1-2H3,(H,23,26)(H2,22,24,27,31). The highest BCUT2D eigenvalue weighted by molar-refractivity contribution is 7.80. The molecule has 0 heterocycles. The van der Waals surface area contributed by atoms with Crippen molar-refractivity contribution in [2.75, 3.05) is 6.61 Å². The number of nitro benzene ring substituents is 1. The zero-order valence-electron chi connectivity index (χ0n) is 16.8. The van der Waals surface area contributed by atoms with Crippen molar-refractivity contribution in [3.63, 3.8) is 0 Å². The van der Waals surface area contributed by atoms with Gasteiger partial charge >= 0.3 is 0 Å². The average Bonchev–Trinajstić information content (AvgIpc) is 2.75. The van der Waals surface area contributed by atoms with E-state index in [1.807, 2.05) is 18.2 Å². The molecule has 0 aliphatic rings. The summed E-state index contributed by atoms with van der Waals surface area (Å²) in [6.07, 6.45) is 0.929. The van der Waals surface area contributed by atoms with Crippen molar-refractivity contribution in [1.29, 1.82) is 0 Å². The van der Waals surface area contributed by atoms with Gasteiger partial charge in [-0.3, -0.25) is 35.9 Å². The van der Waals surface area contributed by atoms with Crippen LogP contribution in [-0.4, -0.2) is 28.5 Å². The molecule has 2 aromatic rings. The van der Waals surface area contributed by atoms with Gasteiger partial charge in [0.25, 0.3) is 17.5 Å². The summed E-state index contributed by atoms with van der Waals surface area (Å²) >= 11 is 10.7. The molecule has 1 atom stereocenters. The Morgan fingerprint density at radius 1 is 1.23 bits per heavy atom. The summed E-state index contributed by atoms with van der Waals surface area (Å²) in [6, 6.07) is 11.1. The van der Waals surface area contributed by atoms with E-state index in [1.165, 1.54) is 12.1 Å². The highest BCUT2D eigenvalue weighted by Crippen LogP contribution is 2.28. The van der Waals surface area contributed by atoms with E-state index in [4.69, 9.17) is 28.6 Å². The van der Waals surface area contributed by atoms with E-state index in [1.54, 1.807) is 6.07 Å². The fourth-order valence-electron chi connectivity index (χ4n) is 2.55. The minimum absolute atomic E-state index is 0.0171. The van der Waals surface area contributed by atoms with Gasteiger partial charge in [-0.15, -0.1) is 0 Å². The highest BCUT2D eigenvalue weighted by atomic mass is 35.5. The van der Waals surface area contributed by atoms with Crippen LogP contribution >= 0.6 is 23.8 Å². The van der Waals surface area contributed by atoms with Gasteiger partial charge in [-0.25, -0.2) is 0 Å². The Morgan fingerprint density at radius 2 is 1.94 bits per heavy atom. The molecule has 0 saturated heterocycles. The molecule has 0 radical (unpaired) electrons. The van der Waals surface area contributed by atoms with E-state index in [0.29, 0.717) is 5.75 Å². The minimum Gasteiger partial charge on any atom is -0.483 e. The van der Waals surface area contributed by atoms with Crippen LogP contribution in [0.4, 0.5) is 5.69 Å². The number of carbonyl (C=O) groups excluding carboxylic acids is 2. The molecule has 2 rings (SSSR count). The third-order valence-corrected chi connectivity index (χ3v) is 4.89. The second-order valence-corrected chi connectivity index (χ2v) is 7.33. The topological polar surface area (TPSA) is 123 Å². The average molecular weight is 465 g/mol. The van der Waals surface area contributed by atoms with Crippen molar-refractivity contribution in [1.82, 2.24) is 16.2 Å². The summed E-state index contributed by atoms with van der Waals surface area (Å²) in [7, 11) is 0. The molecule has 3 N–H and O–H groups in total. The molecule has 164 valence electrons. The molecule has 0 aliphatic carbocycles. The maximum Gasteiger partial charge on any atom is 0.288 e. The molecule has 0 aromatic heterocycles. The van der Waals surface area contributed by atoms with Gasteiger partial charge in [0.15, 0.2) is 11.7 Å². The van der Waals surface area contributed by atoms with E-state index in [0.717, 1.165) is 18.1 Å². The summed E-state index contributed by atoms with van der Waals surface area (Å²) < 4.78 is 5.59. The Kier molecular flexibility index (Phi) is 8.71. The lowest BCUT2D eigenvalue weighted by Crippen LogP contribution is -2.49. The first-order valence-corrected chi connectivity index (χ1v) is 10.1. The van der Waals surface area contributed by atoms with Crippen molar-refractivity contribution in [2.45, 2.75) is 26.2 Å². The van der Waals surface area contributed by atoms with Gasteiger partial charge in [-0.1, -0.05) is 43.6 Å². The molecule has 0 fully saturated rings. The van der Waals surface area contributed by atoms with Gasteiger partial charge in [0.2, 0.25) is 0 Å². The van der Waals surface area contributed by atoms with Crippen LogP contribution in [0, 0.1) is 10.1 Å². The van der Waals surface area contributed by atoms with Gasteiger partial charge in [0, 0.05) is 11.6 Å². The van der Waals surface area contributed by atoms with E-state index in [2.05, 4.69) is 30.0 Å². The van der Waals surface area contributed by atoms with Gasteiger partial charge in [0.05, 0.1) is 4.92 Å². The molecular formula is C20H21ClN4O5S. The van der Waals surface area contributed by atoms with Crippen LogP contribution in [0.3, 0.4) is 0 Å². The van der Waals surface area contributed by atoms with Crippen LogP contribution < -0.4 is 20.9 Å². The molecular weight excluding hydrogens is 444 g/mol. The number of amides is 2. The molecule has 2 amide bonds. The van der Waals surface area contributed by atoms with E-state index in [9.17, 15) is 19.7 Å². The number of carbonyl (C=O) groups is 2. The number of nitrogens with one attached hydrogen (secondary N) is 3. The SMILES string of the molecule is CCC(C)c1ccccc1OCC(=O)NNC(=S)NC(=O)c1ccc(Cl)c([N+](=O)[O-])c1. The quantitative estimate of drug-likeness (QED) is 0.325. The number of halogens is 1. The predicted octanol–water partition coefficient (Wildman–Crippen LogP) is 3.48. The number of ether oxygens (including phenoxy) is 1. The van der Waals surface area contributed by atoms with Crippen LogP contribution in [0.25, 0.3) is 0 Å². The van der Waals surface area contributed by atoms with Crippen LogP contribution in [0.5, 0.6) is 5.75 Å². The zero-order valence-corrected chi connectivity index (χ0v) is 18.4. The van der Waals surface area contributed by atoms with Crippen molar-refractivity contribution in [3.05, 3.63) is 68.7 Å². The Hall–Kier alpha value is -3.24. The summed E-state index contributed by atoms with van der Waals surface area (Å²) in [6.45, 7) is 3.87. The normalized spacial score (nSPS) is 11.2. The minimum atomic E-state index is -0.703. The maximum absolute atomic E-state index is 12.2. The third kappa shape index (κ3) is 6.90. The molecule has 0 bridgehead atoms. The van der Waals surface area contributed by atoms with Crippen LogP contribution in [0.15, 0.2) is 42.5 Å². The number of rotatable bonds is 7. The fourth-order valence-corrected chi connectivity index (χ4v) is 2.88. The molecule has 0 aliphatic heterocycles. The summed E-state index contributed by atoms with van der Waals surface area (Å²) in [5, 5.41) is 12.9. The number of nitrogens with zero attached hydrogens (tertiary/aromatic N) is 1. The maximum atomic E-state index is 12.2. The third-order valence-electron chi connectivity index (χ3n) is 4.37. The molecule has 31 heavy (non-hydrogen) atoms. The van der Waals surface area contributed by atoms with Gasteiger partial charge in [0.1, 0.15) is 10.8 Å². The highest BCUT2D eigenvalue weighted by Gasteiger charge is 2.17. The summed E-state index contributed by atoms with van der Waals surface area (Å²) in [5.74, 6) is -0.320. The number of benzene rings is 2. The van der Waals surface area contributed by atoms with Crippen LogP contribution in [-0.2, 0) is 4.79 Å². The van der Waals surface area contributed by atoms with Crippen molar-refractivity contribution >= 4 is 46.4 Å². The number of hydrogen-bond acceptors (Lipinski definition) is 6. The number of para-hydroxylation sites is 1. The van der Waals surface area contributed by atoms with Gasteiger partial charge in [-0.05, 0) is 48.3 Å². The lowest BCUT2D eigenvalue weighted by molar-refractivity contribution is -0.384. The Bertz CT molecular complexity index is 1000. The first-order chi connectivity index (χ1) is 14.7. The zero-order chi connectivity index (χ0) is 23.0. The van der Waals surface area contributed by atoms with E-state index < -0.39 is 22.4 Å². The Morgan fingerprint density at radius 3 is 2.61 bits per heavy atom. The van der Waals surface area contributed by atoms with Crippen LogP contribution in [0.1, 0.15) is 42.1 Å². The van der Waals surface area contributed by atoms with E-state index in [-0.39, 0.29) is 28.2 Å². The summed E-state index contributed by atoms with van der Waals surface area (Å²) in [5.41, 5.74) is 5.27. The molecule has 1 unspecified atom stereocenters. The smallest absolute Gasteiger partial charge is 0.288 e. The van der Waals surface area contributed by atoms with E-state index >= 15 is 0 Å². The number of hydrogen-bond donors (Lipinski definition) is 3. The van der Waals surface area contributed by atoms with Gasteiger partial charge in [-0.2, -0.15) is 0 Å². The molecule has 2 aromatic carbocycles.